The Balaban J connectivity index is 2.53. The Labute approximate surface area is 75.4 Å². The molecule has 12 heavy (non-hydrogen) atoms. The van der Waals surface area contributed by atoms with E-state index in [1.54, 1.807) is 0 Å². The number of rotatable bonds is 0. The molecule has 0 aliphatic carbocycles. The van der Waals surface area contributed by atoms with Crippen molar-refractivity contribution in [3.05, 3.63) is 11.4 Å². The van der Waals surface area contributed by atoms with E-state index >= 15 is 0 Å². The summed E-state index contributed by atoms with van der Waals surface area (Å²) in [6.07, 6.45) is 2.28. The maximum Gasteiger partial charge on any atom is 0.236 e. The lowest BCUT2D eigenvalue weighted by molar-refractivity contribution is 0.107. The highest BCUT2D eigenvalue weighted by Crippen LogP contribution is 2.21. The van der Waals surface area contributed by atoms with Crippen molar-refractivity contribution in [2.45, 2.75) is 45.2 Å². The SMILES string of the molecule is [C-]#[N+][C@@H]1CCCN(C(C)(C)C)C1. The second-order valence-electron chi connectivity index (χ2n) is 4.54. The van der Waals surface area contributed by atoms with Gasteiger partial charge in [0.2, 0.25) is 6.04 Å². The van der Waals surface area contributed by atoms with Crippen LogP contribution in [0.25, 0.3) is 4.85 Å². The molecule has 68 valence electrons. The van der Waals surface area contributed by atoms with Gasteiger partial charge in [-0.15, -0.1) is 0 Å². The van der Waals surface area contributed by atoms with Crippen molar-refractivity contribution in [3.8, 4) is 0 Å². The average Bonchev–Trinajstić information content (AvgIpc) is 2.03. The minimum atomic E-state index is 0.239. The summed E-state index contributed by atoms with van der Waals surface area (Å²) in [5.41, 5.74) is 0.239. The number of hydrogen-bond acceptors (Lipinski definition) is 1. The maximum absolute atomic E-state index is 6.99. The van der Waals surface area contributed by atoms with Gasteiger partial charge in [0, 0.05) is 12.0 Å². The zero-order valence-corrected chi connectivity index (χ0v) is 8.30. The Morgan fingerprint density at radius 3 is 2.58 bits per heavy atom. The molecule has 1 rings (SSSR count). The van der Waals surface area contributed by atoms with Crippen molar-refractivity contribution >= 4 is 0 Å². The summed E-state index contributed by atoms with van der Waals surface area (Å²) in [6.45, 7) is 15.8. The Morgan fingerprint density at radius 1 is 1.42 bits per heavy atom. The first-order valence-corrected chi connectivity index (χ1v) is 4.65. The molecule has 2 heteroatoms. The first-order valence-electron chi connectivity index (χ1n) is 4.65. The third-order valence-corrected chi connectivity index (χ3v) is 2.53. The van der Waals surface area contributed by atoms with Crippen LogP contribution in [0.4, 0.5) is 0 Å². The summed E-state index contributed by atoms with van der Waals surface area (Å²) >= 11 is 0. The second kappa shape index (κ2) is 3.45. The summed E-state index contributed by atoms with van der Waals surface area (Å²) < 4.78 is 0. The summed E-state index contributed by atoms with van der Waals surface area (Å²) in [7, 11) is 0. The van der Waals surface area contributed by atoms with Crippen LogP contribution in [0.5, 0.6) is 0 Å². The largest absolute Gasteiger partial charge is 0.312 e. The van der Waals surface area contributed by atoms with Gasteiger partial charge >= 0.3 is 0 Å². The third-order valence-electron chi connectivity index (χ3n) is 2.53. The molecule has 2 nitrogen and oxygen atoms in total. The normalized spacial score (nSPS) is 26.7. The van der Waals surface area contributed by atoms with Gasteiger partial charge in [-0.3, -0.25) is 4.90 Å². The Morgan fingerprint density at radius 2 is 2.08 bits per heavy atom. The molecule has 1 heterocycles. The molecule has 0 saturated carbocycles. The van der Waals surface area contributed by atoms with E-state index in [1.165, 1.54) is 6.42 Å². The van der Waals surface area contributed by atoms with Crippen molar-refractivity contribution < 1.29 is 0 Å². The van der Waals surface area contributed by atoms with Gasteiger partial charge in [0.15, 0.2) is 0 Å². The fraction of sp³-hybridized carbons (Fsp3) is 0.900. The monoisotopic (exact) mass is 166 g/mol. The van der Waals surface area contributed by atoms with E-state index < -0.39 is 0 Å². The predicted molar refractivity (Wildman–Crippen MR) is 51.0 cm³/mol. The summed E-state index contributed by atoms with van der Waals surface area (Å²) in [5.74, 6) is 0. The first kappa shape index (κ1) is 9.54. The maximum atomic E-state index is 6.99. The lowest BCUT2D eigenvalue weighted by atomic mass is 9.99. The molecule has 0 unspecified atom stereocenters. The van der Waals surface area contributed by atoms with Crippen molar-refractivity contribution in [2.24, 2.45) is 0 Å². The predicted octanol–water partition coefficient (Wildman–Crippen LogP) is 2.17. The van der Waals surface area contributed by atoms with Gasteiger partial charge in [-0.25, -0.2) is 6.57 Å². The minimum absolute atomic E-state index is 0.239. The molecule has 0 N–H and O–H groups in total. The molecule has 0 spiro atoms. The summed E-state index contributed by atoms with van der Waals surface area (Å²) in [6, 6.07) is 0.248. The van der Waals surface area contributed by atoms with E-state index in [1.807, 2.05) is 0 Å². The standard InChI is InChI=1S/C10H18N2/c1-10(2,3)12-7-5-6-9(8-12)11-4/h9H,5-8H2,1-3H3/t9-/m1/s1. The molecule has 1 aliphatic rings. The highest BCUT2D eigenvalue weighted by molar-refractivity contribution is 4.90. The van der Waals surface area contributed by atoms with Gasteiger partial charge in [-0.1, -0.05) is 0 Å². The molecule has 1 saturated heterocycles. The lowest BCUT2D eigenvalue weighted by Gasteiger charge is -2.38. The van der Waals surface area contributed by atoms with E-state index in [4.69, 9.17) is 6.57 Å². The van der Waals surface area contributed by atoms with Gasteiger partial charge in [-0.2, -0.15) is 0 Å². The van der Waals surface area contributed by atoms with Crippen LogP contribution < -0.4 is 0 Å². The third kappa shape index (κ3) is 2.22. The van der Waals surface area contributed by atoms with Gasteiger partial charge in [0.1, 0.15) is 0 Å². The molecular formula is C10H18N2. The summed E-state index contributed by atoms with van der Waals surface area (Å²) in [4.78, 5) is 6.04. The molecule has 1 aliphatic heterocycles. The Bertz CT molecular complexity index is 185. The highest BCUT2D eigenvalue weighted by Gasteiger charge is 2.30. The van der Waals surface area contributed by atoms with Crippen LogP contribution in [0, 0.1) is 6.57 Å². The van der Waals surface area contributed by atoms with Crippen LogP contribution in [-0.2, 0) is 0 Å². The number of piperidine rings is 1. The molecule has 0 aromatic carbocycles. The number of nitrogens with zero attached hydrogens (tertiary/aromatic N) is 2. The van der Waals surface area contributed by atoms with Crippen molar-refractivity contribution in [3.63, 3.8) is 0 Å². The van der Waals surface area contributed by atoms with Gasteiger partial charge in [0.05, 0.1) is 6.54 Å². The number of hydrogen-bond donors (Lipinski definition) is 0. The van der Waals surface area contributed by atoms with Gasteiger partial charge < -0.3 is 4.85 Å². The van der Waals surface area contributed by atoms with E-state index in [-0.39, 0.29) is 11.6 Å². The van der Waals surface area contributed by atoms with Crippen LogP contribution in [0.3, 0.4) is 0 Å². The Hall–Kier alpha value is -0.550. The quantitative estimate of drug-likeness (QED) is 0.500. The van der Waals surface area contributed by atoms with E-state index in [2.05, 4.69) is 30.5 Å². The van der Waals surface area contributed by atoms with Crippen molar-refractivity contribution in [2.75, 3.05) is 13.1 Å². The Kier molecular flexibility index (Phi) is 2.74. The second-order valence-corrected chi connectivity index (χ2v) is 4.54. The molecule has 1 fully saturated rings. The smallest absolute Gasteiger partial charge is 0.236 e. The topological polar surface area (TPSA) is 7.60 Å². The zero-order valence-electron chi connectivity index (χ0n) is 8.30. The lowest BCUT2D eigenvalue weighted by Crippen LogP contribution is -2.48. The van der Waals surface area contributed by atoms with E-state index in [0.717, 1.165) is 19.5 Å². The van der Waals surface area contributed by atoms with Crippen molar-refractivity contribution in [1.29, 1.82) is 0 Å². The van der Waals surface area contributed by atoms with Crippen LogP contribution in [-0.4, -0.2) is 29.6 Å². The molecule has 0 bridgehead atoms. The van der Waals surface area contributed by atoms with Gasteiger partial charge in [-0.05, 0) is 33.7 Å². The molecule has 0 aromatic heterocycles. The first-order chi connectivity index (χ1) is 5.54. The molecule has 1 atom stereocenters. The molecule has 0 radical (unpaired) electrons. The summed E-state index contributed by atoms with van der Waals surface area (Å²) in [5, 5.41) is 0. The minimum Gasteiger partial charge on any atom is -0.312 e. The fourth-order valence-corrected chi connectivity index (χ4v) is 1.67. The van der Waals surface area contributed by atoms with Gasteiger partial charge in [0.25, 0.3) is 0 Å². The van der Waals surface area contributed by atoms with Crippen LogP contribution in [0.1, 0.15) is 33.6 Å². The van der Waals surface area contributed by atoms with Crippen molar-refractivity contribution in [1.82, 2.24) is 4.90 Å². The van der Waals surface area contributed by atoms with Crippen LogP contribution in [0.2, 0.25) is 0 Å². The van der Waals surface area contributed by atoms with Crippen LogP contribution >= 0.6 is 0 Å². The van der Waals surface area contributed by atoms with Crippen LogP contribution in [0.15, 0.2) is 0 Å². The number of likely N-dealkylation sites (tertiary alicyclic amines) is 1. The average molecular weight is 166 g/mol. The molecular weight excluding hydrogens is 148 g/mol. The van der Waals surface area contributed by atoms with E-state index in [9.17, 15) is 0 Å². The highest BCUT2D eigenvalue weighted by atomic mass is 15.2. The zero-order chi connectivity index (χ0) is 9.19. The fourth-order valence-electron chi connectivity index (χ4n) is 1.67. The van der Waals surface area contributed by atoms with E-state index in [0.29, 0.717) is 0 Å². The molecule has 0 aromatic rings. The molecule has 0 amide bonds.